The highest BCUT2D eigenvalue weighted by molar-refractivity contribution is 9.08. The molecule has 0 N–H and O–H groups in total. The van der Waals surface area contributed by atoms with E-state index in [0.29, 0.717) is 12.6 Å². The number of alkyl halides is 12. The molecule has 0 spiro atoms. The maximum Gasteiger partial charge on any atom is 0.406 e. The van der Waals surface area contributed by atoms with Crippen molar-refractivity contribution in [3.05, 3.63) is 240 Å². The molecule has 0 aromatic heterocycles. The number of carbonyl (C=O) groups is 1. The number of methoxy groups -OCH3 is 1. The second kappa shape index (κ2) is 68.8. The normalized spacial score (nSPS) is 9.55. The van der Waals surface area contributed by atoms with Crippen LogP contribution in [0.15, 0.2) is 217 Å². The molecule has 91 heavy (non-hydrogen) atoms. The number of para-hydroxylation sites is 1. The quantitative estimate of drug-likeness (QED) is 0.0656. The summed E-state index contributed by atoms with van der Waals surface area (Å²) in [7, 11) is 2.16. The topological polar surface area (TPSA) is 26.3 Å². The SMILES string of the molecule is CBr.CC.CC(=O)c1ccccc1.CC(C)(C)c1ccccc1.CC(F)(F)F.CC(c1ccccc1)(C(F)(F)F)C(F)(F)F.CCC.CCCC.CCCCC.CCc1ccccc1.CCl.CF.COc1ccccc1.CSc1ccccc1.Cc1ccccc1. The first-order chi connectivity index (χ1) is 42.9. The predicted molar refractivity (Wildman–Crippen MR) is 384 cm³/mol. The first kappa shape index (κ1) is 102. The van der Waals surface area contributed by atoms with Gasteiger partial charge in [-0.2, -0.15) is 39.5 Å². The molecular weight excluding hydrogens is 1280 g/mol. The number of ketones is 1. The van der Waals surface area contributed by atoms with E-state index in [4.69, 9.17) is 4.74 Å². The Bertz CT molecular complexity index is 2350. The number of rotatable bonds is 8. The van der Waals surface area contributed by atoms with Gasteiger partial charge < -0.3 is 4.74 Å². The smallest absolute Gasteiger partial charge is 0.406 e. The van der Waals surface area contributed by atoms with Gasteiger partial charge in [-0.3, -0.25) is 9.18 Å². The zero-order valence-corrected chi connectivity index (χ0v) is 61.6. The molecule has 7 aromatic rings. The van der Waals surface area contributed by atoms with Crippen LogP contribution in [0.2, 0.25) is 0 Å². The van der Waals surface area contributed by atoms with Crippen molar-refractivity contribution in [3.63, 3.8) is 0 Å². The number of hydrogen-bond acceptors (Lipinski definition) is 3. The highest BCUT2D eigenvalue weighted by atomic mass is 79.9. The molecule has 518 valence electrons. The number of hydrogen-bond donors (Lipinski definition) is 0. The highest BCUT2D eigenvalue weighted by Gasteiger charge is 2.68. The van der Waals surface area contributed by atoms with Gasteiger partial charge in [0.05, 0.1) is 14.3 Å². The molecule has 2 nitrogen and oxygen atoms in total. The van der Waals surface area contributed by atoms with E-state index in [1.807, 2.05) is 123 Å². The van der Waals surface area contributed by atoms with Crippen molar-refractivity contribution in [2.75, 3.05) is 32.8 Å². The lowest BCUT2D eigenvalue weighted by molar-refractivity contribution is -0.297. The minimum absolute atomic E-state index is 0.121. The van der Waals surface area contributed by atoms with Crippen LogP contribution in [0.4, 0.5) is 43.9 Å². The summed E-state index contributed by atoms with van der Waals surface area (Å²) in [6.07, 6.45) is -2.11. The molecule has 0 fully saturated rings. The van der Waals surface area contributed by atoms with Gasteiger partial charge >= 0.3 is 18.5 Å². The lowest BCUT2D eigenvalue weighted by Crippen LogP contribution is -2.51. The third-order valence-electron chi connectivity index (χ3n) is 10.7. The second-order valence-electron chi connectivity index (χ2n) is 19.4. The standard InChI is InChI=1S/C10H8F6.C10H14.C8H8O.C8H10.C7H8O.C7H8S.C7H8.C5H12.C4H10.C3H8.C2H3F3.C2H6.CH3Br.CH3Cl.CH3F/c1-8(9(11,12)13,10(14,15)16)7-5-3-2-4-6-7;1-10(2,3)9-7-5-4-6-8-9;1-7(9)8-5-3-2-4-6-8;1-2-8-6-4-3-5-7-8;2*1-8-7-5-3-2-4-6-7;1-7-5-3-2-4-6-7;1-3-5-4-2;1-3-4-2;1-3-2;1-2(3,4)5;4*1-2/h2-6H,1H3;4-8H,1-3H3;2-6H,1H3;3-7H,2H2,1H3;2*2-6H,1H3;2-6H,1H3;3-5H2,1-2H3;3-4H2,1-2H3;3H2,1-2H3;1H3;1-2H3;3*1H3. The number of halogens is 12. The van der Waals surface area contributed by atoms with Crippen molar-refractivity contribution >= 4 is 45.1 Å². The predicted octanol–water partition coefficient (Wildman–Crippen LogP) is 27.8. The number of aryl methyl sites for hydroxylation is 2. The Kier molecular flexibility index (Phi) is 76.8. The van der Waals surface area contributed by atoms with Crippen LogP contribution < -0.4 is 4.74 Å². The molecule has 0 amide bonds. The summed E-state index contributed by atoms with van der Waals surface area (Å²) < 4.78 is 121. The van der Waals surface area contributed by atoms with Gasteiger partial charge in [-0.15, -0.1) is 23.4 Å². The van der Waals surface area contributed by atoms with Gasteiger partial charge in [0.1, 0.15) is 5.75 Å². The molecule has 7 rings (SSSR count). The fraction of sp³-hybridized carbons (Fsp3) is 0.434. The number of unbranched alkanes of at least 4 members (excludes halogenated alkanes) is 3. The van der Waals surface area contributed by atoms with Crippen LogP contribution in [0.5, 0.6) is 5.75 Å². The van der Waals surface area contributed by atoms with E-state index in [0.717, 1.165) is 42.0 Å². The monoisotopic (exact) mass is 1390 g/mol. The van der Waals surface area contributed by atoms with Crippen molar-refractivity contribution in [1.29, 1.82) is 0 Å². The molecule has 7 aromatic carbocycles. The molecule has 0 saturated heterocycles. The summed E-state index contributed by atoms with van der Waals surface area (Å²) in [4.78, 5) is 12.0. The zero-order valence-electron chi connectivity index (χ0n) is 58.4. The summed E-state index contributed by atoms with van der Waals surface area (Å²) in [5.74, 6) is 2.84. The molecule has 0 heterocycles. The minimum atomic E-state index is -5.38. The number of carbonyl (C=O) groups excluding carboxylic acids is 1. The molecule has 0 unspecified atom stereocenters. The van der Waals surface area contributed by atoms with Crippen LogP contribution in [0.3, 0.4) is 0 Å². The van der Waals surface area contributed by atoms with Crippen molar-refractivity contribution in [2.24, 2.45) is 0 Å². The number of benzene rings is 7. The Morgan fingerprint density at radius 3 is 0.912 bits per heavy atom. The van der Waals surface area contributed by atoms with Crippen LogP contribution in [0.1, 0.15) is 175 Å². The van der Waals surface area contributed by atoms with Crippen LogP contribution in [-0.4, -0.2) is 57.1 Å². The van der Waals surface area contributed by atoms with Crippen LogP contribution in [0, 0.1) is 6.92 Å². The Hall–Kier alpha value is -5.57. The average Bonchev–Trinajstić information content (AvgIpc) is 0.803. The summed E-state index contributed by atoms with van der Waals surface area (Å²) in [6.45, 7) is 29.8. The molecule has 0 aliphatic rings. The Labute approximate surface area is 563 Å². The summed E-state index contributed by atoms with van der Waals surface area (Å²) in [6, 6.07) is 65.8. The van der Waals surface area contributed by atoms with Gasteiger partial charge in [0.15, 0.2) is 11.2 Å². The summed E-state index contributed by atoms with van der Waals surface area (Å²) >= 11 is 9.35. The molecular formula is C76H112BrClF10O2S. The largest absolute Gasteiger partial charge is 0.497 e. The zero-order chi connectivity index (χ0) is 72.2. The minimum Gasteiger partial charge on any atom is -0.497 e. The van der Waals surface area contributed by atoms with E-state index in [1.54, 1.807) is 25.8 Å². The van der Waals surface area contributed by atoms with Gasteiger partial charge in [-0.25, -0.2) is 0 Å². The van der Waals surface area contributed by atoms with Crippen molar-refractivity contribution < 1.29 is 53.4 Å². The molecule has 0 aliphatic heterocycles. The van der Waals surface area contributed by atoms with E-state index in [9.17, 15) is 48.7 Å². The average molecular weight is 1400 g/mol. The Morgan fingerprint density at radius 1 is 0.473 bits per heavy atom. The van der Waals surface area contributed by atoms with Gasteiger partial charge in [0.2, 0.25) is 0 Å². The van der Waals surface area contributed by atoms with E-state index in [1.165, 1.54) is 72.6 Å². The van der Waals surface area contributed by atoms with Crippen LogP contribution >= 0.6 is 39.3 Å². The molecule has 15 heteroatoms. The molecule has 0 aliphatic carbocycles. The van der Waals surface area contributed by atoms with E-state index < -0.39 is 29.5 Å². The fourth-order valence-corrected chi connectivity index (χ4v) is 6.01. The lowest BCUT2D eigenvalue weighted by Gasteiger charge is -2.34. The Balaban J connectivity index is -0.000000140. The van der Waals surface area contributed by atoms with Crippen LogP contribution in [0.25, 0.3) is 0 Å². The first-order valence-corrected chi connectivity index (χ1v) is 33.8. The van der Waals surface area contributed by atoms with Crippen LogP contribution in [-0.2, 0) is 17.3 Å². The van der Waals surface area contributed by atoms with E-state index in [-0.39, 0.29) is 19.6 Å². The molecule has 0 saturated carbocycles. The molecule has 0 radical (unpaired) electrons. The molecule has 0 atom stereocenters. The van der Waals surface area contributed by atoms with E-state index in [2.05, 4.69) is 189 Å². The third kappa shape index (κ3) is 65.7. The summed E-state index contributed by atoms with van der Waals surface area (Å²) in [5, 5.41) is 0. The lowest BCUT2D eigenvalue weighted by atomic mass is 9.81. The first-order valence-electron chi connectivity index (χ1n) is 30.2. The summed E-state index contributed by atoms with van der Waals surface area (Å²) in [5.41, 5.74) is 0.556. The second-order valence-corrected chi connectivity index (χ2v) is 20.3. The third-order valence-corrected chi connectivity index (χ3v) is 11.4. The van der Waals surface area contributed by atoms with Gasteiger partial charge in [-0.05, 0) is 85.7 Å². The van der Waals surface area contributed by atoms with Crippen molar-refractivity contribution in [1.82, 2.24) is 0 Å². The Morgan fingerprint density at radius 2 is 0.747 bits per heavy atom. The fourth-order valence-electron chi connectivity index (χ4n) is 5.59. The maximum absolute atomic E-state index is 12.6. The number of ether oxygens (including phenoxy) is 1. The maximum atomic E-state index is 12.6. The highest BCUT2D eigenvalue weighted by Crippen LogP contribution is 2.51. The molecule has 0 bridgehead atoms. The van der Waals surface area contributed by atoms with Crippen molar-refractivity contribution in [3.8, 4) is 5.75 Å². The number of Topliss-reactive ketones (excluding diaryl/α,β-unsaturated/α-hetero) is 1. The van der Waals surface area contributed by atoms with Gasteiger partial charge in [0.25, 0.3) is 0 Å². The van der Waals surface area contributed by atoms with E-state index >= 15 is 0 Å². The van der Waals surface area contributed by atoms with Gasteiger partial charge in [-0.1, -0.05) is 331 Å². The van der Waals surface area contributed by atoms with Gasteiger partial charge in [0, 0.05) is 23.8 Å². The number of thioether (sulfide) groups is 1. The van der Waals surface area contributed by atoms with Crippen molar-refractivity contribution in [2.45, 2.75) is 190 Å².